The third kappa shape index (κ3) is 3.26. The molecule has 8 nitrogen and oxygen atoms in total. The molecule has 0 aliphatic heterocycles. The third-order valence-electron chi connectivity index (χ3n) is 3.76. The SMILES string of the molecule is Cc1cc(NC(=O)C(C)n2c(C)nnc2-c2cccc(C#N)c2)on1. The van der Waals surface area contributed by atoms with Gasteiger partial charge in [-0.1, -0.05) is 17.3 Å². The van der Waals surface area contributed by atoms with E-state index in [9.17, 15) is 4.79 Å². The number of nitrogens with one attached hydrogen (secondary N) is 1. The molecule has 0 spiro atoms. The molecule has 2 aromatic heterocycles. The van der Waals surface area contributed by atoms with Gasteiger partial charge in [0.25, 0.3) is 0 Å². The predicted molar refractivity (Wildman–Crippen MR) is 89.5 cm³/mol. The van der Waals surface area contributed by atoms with Crippen LogP contribution in [0, 0.1) is 25.2 Å². The van der Waals surface area contributed by atoms with Gasteiger partial charge in [-0.2, -0.15) is 5.26 Å². The van der Waals surface area contributed by atoms with Gasteiger partial charge in [0.15, 0.2) is 5.82 Å². The highest BCUT2D eigenvalue weighted by Gasteiger charge is 2.23. The summed E-state index contributed by atoms with van der Waals surface area (Å²) in [5.41, 5.74) is 1.91. The van der Waals surface area contributed by atoms with E-state index in [-0.39, 0.29) is 11.8 Å². The molecular weight excluding hydrogens is 320 g/mol. The van der Waals surface area contributed by atoms with Crippen molar-refractivity contribution in [2.75, 3.05) is 5.32 Å². The molecule has 2 heterocycles. The Hall–Kier alpha value is -3.47. The second-order valence-electron chi connectivity index (χ2n) is 5.63. The first kappa shape index (κ1) is 16.4. The first-order valence-electron chi connectivity index (χ1n) is 7.66. The molecule has 126 valence electrons. The number of hydrogen-bond acceptors (Lipinski definition) is 6. The molecule has 0 bridgehead atoms. The van der Waals surface area contributed by atoms with Crippen LogP contribution in [0.1, 0.15) is 30.0 Å². The number of hydrogen-bond donors (Lipinski definition) is 1. The lowest BCUT2D eigenvalue weighted by molar-refractivity contribution is -0.118. The van der Waals surface area contributed by atoms with E-state index >= 15 is 0 Å². The van der Waals surface area contributed by atoms with Crippen molar-refractivity contribution >= 4 is 11.8 Å². The summed E-state index contributed by atoms with van der Waals surface area (Å²) in [6, 6.07) is 10.2. The highest BCUT2D eigenvalue weighted by atomic mass is 16.5. The van der Waals surface area contributed by atoms with Crippen molar-refractivity contribution in [1.29, 1.82) is 5.26 Å². The minimum atomic E-state index is -0.582. The molecule has 1 N–H and O–H groups in total. The van der Waals surface area contributed by atoms with Crippen molar-refractivity contribution < 1.29 is 9.32 Å². The zero-order valence-corrected chi connectivity index (χ0v) is 14.0. The zero-order chi connectivity index (χ0) is 18.0. The molecule has 3 rings (SSSR count). The number of aromatic nitrogens is 4. The fourth-order valence-corrected chi connectivity index (χ4v) is 2.52. The van der Waals surface area contributed by atoms with Gasteiger partial charge in [0, 0.05) is 11.6 Å². The van der Waals surface area contributed by atoms with E-state index in [0.29, 0.717) is 22.9 Å². The van der Waals surface area contributed by atoms with E-state index in [1.165, 1.54) is 0 Å². The summed E-state index contributed by atoms with van der Waals surface area (Å²) < 4.78 is 6.74. The van der Waals surface area contributed by atoms with E-state index in [4.69, 9.17) is 9.78 Å². The summed E-state index contributed by atoms with van der Waals surface area (Å²) in [7, 11) is 0. The van der Waals surface area contributed by atoms with Crippen LogP contribution >= 0.6 is 0 Å². The number of benzene rings is 1. The van der Waals surface area contributed by atoms with E-state index in [1.54, 1.807) is 49.6 Å². The Kier molecular flexibility index (Phi) is 4.31. The van der Waals surface area contributed by atoms with E-state index in [0.717, 1.165) is 5.56 Å². The highest BCUT2D eigenvalue weighted by Crippen LogP contribution is 2.24. The Bertz CT molecular complexity index is 966. The van der Waals surface area contributed by atoms with Gasteiger partial charge in [-0.25, -0.2) is 0 Å². The molecule has 1 aromatic carbocycles. The van der Waals surface area contributed by atoms with Gasteiger partial charge in [-0.3, -0.25) is 14.7 Å². The summed E-state index contributed by atoms with van der Waals surface area (Å²) >= 11 is 0. The molecule has 0 saturated carbocycles. The number of rotatable bonds is 4. The topological polar surface area (TPSA) is 110 Å². The molecule has 1 unspecified atom stereocenters. The standard InChI is InChI=1S/C17H16N6O2/c1-10-7-15(25-22-10)19-17(24)11(2)23-12(3)20-21-16(23)14-6-4-5-13(8-14)9-18/h4-8,11H,1-3H3,(H,19,24). The van der Waals surface area contributed by atoms with E-state index in [2.05, 4.69) is 26.7 Å². The van der Waals surface area contributed by atoms with Crippen molar-refractivity contribution in [2.24, 2.45) is 0 Å². The lowest BCUT2D eigenvalue weighted by Crippen LogP contribution is -2.25. The van der Waals surface area contributed by atoms with Crippen molar-refractivity contribution in [1.82, 2.24) is 19.9 Å². The maximum Gasteiger partial charge on any atom is 0.249 e. The monoisotopic (exact) mass is 336 g/mol. The van der Waals surface area contributed by atoms with Crippen molar-refractivity contribution in [3.8, 4) is 17.5 Å². The minimum absolute atomic E-state index is 0.281. The quantitative estimate of drug-likeness (QED) is 0.784. The van der Waals surface area contributed by atoms with Crippen LogP contribution in [0.2, 0.25) is 0 Å². The first-order chi connectivity index (χ1) is 12.0. The molecule has 1 amide bonds. The van der Waals surface area contributed by atoms with E-state index < -0.39 is 6.04 Å². The molecule has 0 aliphatic rings. The van der Waals surface area contributed by atoms with Gasteiger partial charge < -0.3 is 4.52 Å². The van der Waals surface area contributed by atoms with Crippen molar-refractivity contribution in [3.63, 3.8) is 0 Å². The smallest absolute Gasteiger partial charge is 0.249 e. The van der Waals surface area contributed by atoms with Crippen LogP contribution in [-0.4, -0.2) is 25.8 Å². The molecule has 8 heteroatoms. The largest absolute Gasteiger partial charge is 0.338 e. The maximum absolute atomic E-state index is 12.6. The third-order valence-corrected chi connectivity index (χ3v) is 3.76. The summed E-state index contributed by atoms with van der Waals surface area (Å²) in [5, 5.41) is 23.7. The number of nitriles is 1. The number of amides is 1. The number of carbonyl (C=O) groups excluding carboxylic acids is 1. The fraction of sp³-hybridized carbons (Fsp3) is 0.235. The minimum Gasteiger partial charge on any atom is -0.338 e. The average Bonchev–Trinajstić information content (AvgIpc) is 3.19. The van der Waals surface area contributed by atoms with Gasteiger partial charge in [0.1, 0.15) is 11.9 Å². The van der Waals surface area contributed by atoms with Gasteiger partial charge in [-0.15, -0.1) is 10.2 Å². The van der Waals surface area contributed by atoms with Crippen LogP contribution in [0.15, 0.2) is 34.9 Å². The number of aryl methyl sites for hydroxylation is 2. The molecule has 0 fully saturated rings. The Morgan fingerprint density at radius 3 is 2.80 bits per heavy atom. The normalized spacial score (nSPS) is 11.8. The molecule has 0 saturated heterocycles. The molecule has 25 heavy (non-hydrogen) atoms. The van der Waals surface area contributed by atoms with Crippen LogP contribution in [0.5, 0.6) is 0 Å². The van der Waals surface area contributed by atoms with Crippen LogP contribution in [0.25, 0.3) is 11.4 Å². The van der Waals surface area contributed by atoms with Gasteiger partial charge in [0.05, 0.1) is 17.3 Å². The van der Waals surface area contributed by atoms with Crippen LogP contribution < -0.4 is 5.32 Å². The summed E-state index contributed by atoms with van der Waals surface area (Å²) in [6.45, 7) is 5.28. The molecular formula is C17H16N6O2. The number of carbonyl (C=O) groups is 1. The lowest BCUT2D eigenvalue weighted by Gasteiger charge is -2.16. The maximum atomic E-state index is 12.6. The van der Waals surface area contributed by atoms with Crippen molar-refractivity contribution in [2.45, 2.75) is 26.8 Å². The Labute approximate surface area is 144 Å². The number of nitrogens with zero attached hydrogens (tertiary/aromatic N) is 5. The molecule has 1 atom stereocenters. The lowest BCUT2D eigenvalue weighted by atomic mass is 10.1. The first-order valence-corrected chi connectivity index (χ1v) is 7.66. The average molecular weight is 336 g/mol. The highest BCUT2D eigenvalue weighted by molar-refractivity contribution is 5.92. The predicted octanol–water partition coefficient (Wildman–Crippen LogP) is 2.62. The molecule has 3 aromatic rings. The van der Waals surface area contributed by atoms with Crippen LogP contribution in [0.3, 0.4) is 0 Å². The summed E-state index contributed by atoms with van der Waals surface area (Å²) in [5.74, 6) is 1.12. The molecule has 0 aliphatic carbocycles. The fourth-order valence-electron chi connectivity index (χ4n) is 2.52. The number of anilines is 1. The van der Waals surface area contributed by atoms with Crippen LogP contribution in [0.4, 0.5) is 5.88 Å². The second kappa shape index (κ2) is 6.57. The second-order valence-corrected chi connectivity index (χ2v) is 5.63. The summed E-state index contributed by atoms with van der Waals surface area (Å²) in [6.07, 6.45) is 0. The van der Waals surface area contributed by atoms with Crippen molar-refractivity contribution in [3.05, 3.63) is 47.4 Å². The van der Waals surface area contributed by atoms with Crippen LogP contribution in [-0.2, 0) is 4.79 Å². The van der Waals surface area contributed by atoms with E-state index in [1.807, 2.05) is 6.07 Å². The van der Waals surface area contributed by atoms with Gasteiger partial charge in [0.2, 0.25) is 11.8 Å². The Morgan fingerprint density at radius 2 is 2.12 bits per heavy atom. The Balaban J connectivity index is 1.92. The van der Waals surface area contributed by atoms with Gasteiger partial charge >= 0.3 is 0 Å². The van der Waals surface area contributed by atoms with Gasteiger partial charge in [-0.05, 0) is 32.9 Å². The molecule has 0 radical (unpaired) electrons. The summed E-state index contributed by atoms with van der Waals surface area (Å²) in [4.78, 5) is 12.6. The zero-order valence-electron chi connectivity index (χ0n) is 14.0. The Morgan fingerprint density at radius 1 is 1.32 bits per heavy atom.